The zero-order valence-corrected chi connectivity index (χ0v) is 13.3. The van der Waals surface area contributed by atoms with Crippen molar-refractivity contribution in [1.29, 1.82) is 0 Å². The Morgan fingerprint density at radius 2 is 2.00 bits per heavy atom. The average Bonchev–Trinajstić information content (AvgIpc) is 2.97. The van der Waals surface area contributed by atoms with Gasteiger partial charge in [0.05, 0.1) is 11.0 Å². The van der Waals surface area contributed by atoms with E-state index in [4.69, 9.17) is 12.2 Å². The molecule has 0 saturated heterocycles. The van der Waals surface area contributed by atoms with Gasteiger partial charge in [0.1, 0.15) is 0 Å². The molecule has 0 radical (unpaired) electrons. The number of aromatic amines is 1. The van der Waals surface area contributed by atoms with Gasteiger partial charge in [-0.1, -0.05) is 32.9 Å². The average molecular weight is 286 g/mol. The van der Waals surface area contributed by atoms with E-state index in [1.165, 1.54) is 30.3 Å². The monoisotopic (exact) mass is 286 g/mol. The number of aromatic nitrogens is 2. The summed E-state index contributed by atoms with van der Waals surface area (Å²) >= 11 is 5.66. The molecule has 2 aromatic rings. The van der Waals surface area contributed by atoms with Gasteiger partial charge < -0.3 is 9.55 Å². The van der Waals surface area contributed by atoms with E-state index in [9.17, 15) is 0 Å². The van der Waals surface area contributed by atoms with Crippen LogP contribution >= 0.6 is 12.2 Å². The van der Waals surface area contributed by atoms with Crippen LogP contribution in [0, 0.1) is 21.5 Å². The number of rotatable bonds is 1. The van der Waals surface area contributed by atoms with Crippen molar-refractivity contribution in [2.75, 3.05) is 0 Å². The number of H-pyrrole nitrogens is 1. The second-order valence-electron chi connectivity index (χ2n) is 7.63. The predicted molar refractivity (Wildman–Crippen MR) is 85.4 cm³/mol. The maximum atomic E-state index is 5.66. The molecule has 1 aromatic heterocycles. The largest absolute Gasteiger partial charge is 0.331 e. The number of fused-ring (bicyclic) bond motifs is 3. The van der Waals surface area contributed by atoms with E-state index in [1.54, 1.807) is 0 Å². The number of imidazole rings is 1. The molecule has 2 aliphatic rings. The van der Waals surface area contributed by atoms with Gasteiger partial charge in [0.15, 0.2) is 4.77 Å². The summed E-state index contributed by atoms with van der Waals surface area (Å²) < 4.78 is 3.31. The lowest BCUT2D eigenvalue weighted by Crippen LogP contribution is -2.37. The van der Waals surface area contributed by atoms with E-state index in [0.717, 1.165) is 10.7 Å². The van der Waals surface area contributed by atoms with Crippen molar-refractivity contribution >= 4 is 23.3 Å². The third kappa shape index (κ3) is 1.42. The number of hydrogen-bond donors (Lipinski definition) is 1. The summed E-state index contributed by atoms with van der Waals surface area (Å²) in [7, 11) is 0. The lowest BCUT2D eigenvalue weighted by molar-refractivity contribution is 0.0855. The molecule has 2 saturated carbocycles. The van der Waals surface area contributed by atoms with Crippen molar-refractivity contribution in [2.45, 2.75) is 46.1 Å². The van der Waals surface area contributed by atoms with Gasteiger partial charge in [-0.15, -0.1) is 0 Å². The summed E-state index contributed by atoms with van der Waals surface area (Å²) in [6, 6.07) is 9.03. The Bertz CT molecular complexity index is 734. The van der Waals surface area contributed by atoms with Crippen LogP contribution in [0.1, 0.15) is 46.1 Å². The summed E-state index contributed by atoms with van der Waals surface area (Å²) in [5, 5.41) is 0. The van der Waals surface area contributed by atoms with Crippen LogP contribution in [0.25, 0.3) is 11.0 Å². The number of nitrogens with one attached hydrogen (secondary N) is 1. The summed E-state index contributed by atoms with van der Waals surface area (Å²) in [6.45, 7) is 7.35. The molecule has 2 nitrogen and oxygen atoms in total. The molecule has 3 heteroatoms. The van der Waals surface area contributed by atoms with E-state index in [1.807, 2.05) is 0 Å². The normalized spacial score (nSPS) is 35.0. The summed E-state index contributed by atoms with van der Waals surface area (Å²) in [6.07, 6.45) is 4.08. The zero-order chi connectivity index (χ0) is 14.1. The molecule has 0 amide bonds. The standard InChI is InChI=1S/C17H22N2S/c1-16(2)11-8-9-17(3,10-11)14(16)19-13-7-5-4-6-12(13)18-15(19)20/h4-7,11,14H,8-10H2,1-3H3,(H,18,20). The molecule has 20 heavy (non-hydrogen) atoms. The first-order valence-electron chi connectivity index (χ1n) is 7.63. The first kappa shape index (κ1) is 12.6. The molecule has 1 heterocycles. The molecular formula is C17H22N2S. The minimum absolute atomic E-state index is 0.330. The fourth-order valence-electron chi connectivity index (χ4n) is 5.25. The first-order chi connectivity index (χ1) is 9.43. The van der Waals surface area contributed by atoms with Gasteiger partial charge in [0.25, 0.3) is 0 Å². The number of nitrogens with zero attached hydrogens (tertiary/aromatic N) is 1. The summed E-state index contributed by atoms with van der Waals surface area (Å²) in [5.41, 5.74) is 3.16. The topological polar surface area (TPSA) is 20.7 Å². The molecule has 0 aliphatic heterocycles. The molecule has 0 spiro atoms. The Morgan fingerprint density at radius 3 is 2.70 bits per heavy atom. The second-order valence-corrected chi connectivity index (χ2v) is 8.02. The SMILES string of the molecule is CC12CCC(C1)C(C)(C)C2n1c(=S)[nH]c2ccccc21. The maximum absolute atomic E-state index is 5.66. The van der Waals surface area contributed by atoms with Crippen molar-refractivity contribution in [3.63, 3.8) is 0 Å². The second kappa shape index (κ2) is 3.76. The quantitative estimate of drug-likeness (QED) is 0.724. The van der Waals surface area contributed by atoms with Gasteiger partial charge in [-0.2, -0.15) is 0 Å². The van der Waals surface area contributed by atoms with Crippen LogP contribution in [0.15, 0.2) is 24.3 Å². The molecule has 1 aromatic carbocycles. The van der Waals surface area contributed by atoms with Crippen LogP contribution in [0.3, 0.4) is 0 Å². The summed E-state index contributed by atoms with van der Waals surface area (Å²) in [5.74, 6) is 0.841. The van der Waals surface area contributed by atoms with Gasteiger partial charge in [-0.25, -0.2) is 0 Å². The highest BCUT2D eigenvalue weighted by Crippen LogP contribution is 2.68. The minimum Gasteiger partial charge on any atom is -0.331 e. The van der Waals surface area contributed by atoms with Crippen LogP contribution in [0.4, 0.5) is 0 Å². The van der Waals surface area contributed by atoms with Crippen molar-refractivity contribution in [3.05, 3.63) is 29.0 Å². The highest BCUT2D eigenvalue weighted by atomic mass is 32.1. The smallest absolute Gasteiger partial charge is 0.178 e. The maximum Gasteiger partial charge on any atom is 0.178 e. The van der Waals surface area contributed by atoms with Gasteiger partial charge in [-0.3, -0.25) is 0 Å². The molecule has 106 valence electrons. The highest BCUT2D eigenvalue weighted by Gasteiger charge is 2.60. The van der Waals surface area contributed by atoms with E-state index < -0.39 is 0 Å². The van der Waals surface area contributed by atoms with Crippen LogP contribution in [0.2, 0.25) is 0 Å². The molecule has 1 N–H and O–H groups in total. The van der Waals surface area contributed by atoms with Crippen molar-refractivity contribution in [3.8, 4) is 0 Å². The van der Waals surface area contributed by atoms with E-state index in [-0.39, 0.29) is 0 Å². The van der Waals surface area contributed by atoms with Crippen molar-refractivity contribution in [2.24, 2.45) is 16.7 Å². The predicted octanol–water partition coefficient (Wildman–Crippen LogP) is 5.09. The third-order valence-electron chi connectivity index (χ3n) is 6.08. The van der Waals surface area contributed by atoms with E-state index in [2.05, 4.69) is 54.6 Å². The van der Waals surface area contributed by atoms with E-state index >= 15 is 0 Å². The minimum atomic E-state index is 0.330. The Kier molecular flexibility index (Phi) is 2.37. The van der Waals surface area contributed by atoms with Crippen molar-refractivity contribution in [1.82, 2.24) is 9.55 Å². The molecule has 3 unspecified atom stereocenters. The van der Waals surface area contributed by atoms with Crippen LogP contribution in [0.5, 0.6) is 0 Å². The fourth-order valence-corrected chi connectivity index (χ4v) is 5.56. The van der Waals surface area contributed by atoms with Crippen LogP contribution < -0.4 is 0 Å². The fraction of sp³-hybridized carbons (Fsp3) is 0.588. The first-order valence-corrected chi connectivity index (χ1v) is 8.03. The Labute approximate surface area is 125 Å². The molecule has 2 fully saturated rings. The van der Waals surface area contributed by atoms with E-state index in [0.29, 0.717) is 16.9 Å². The van der Waals surface area contributed by atoms with Crippen LogP contribution in [-0.2, 0) is 0 Å². The van der Waals surface area contributed by atoms with Gasteiger partial charge in [0, 0.05) is 6.04 Å². The zero-order valence-electron chi connectivity index (χ0n) is 12.4. The molecular weight excluding hydrogens is 264 g/mol. The van der Waals surface area contributed by atoms with Gasteiger partial charge >= 0.3 is 0 Å². The Balaban J connectivity index is 2.00. The van der Waals surface area contributed by atoms with Gasteiger partial charge in [-0.05, 0) is 60.4 Å². The third-order valence-corrected chi connectivity index (χ3v) is 6.37. The molecule has 2 aliphatic carbocycles. The Hall–Kier alpha value is -1.09. The lowest BCUT2D eigenvalue weighted by atomic mass is 9.68. The van der Waals surface area contributed by atoms with Crippen LogP contribution in [-0.4, -0.2) is 9.55 Å². The molecule has 3 atom stereocenters. The molecule has 4 rings (SSSR count). The summed E-state index contributed by atoms with van der Waals surface area (Å²) in [4.78, 5) is 3.40. The Morgan fingerprint density at radius 1 is 1.25 bits per heavy atom. The van der Waals surface area contributed by atoms with Crippen molar-refractivity contribution < 1.29 is 0 Å². The number of benzene rings is 1. The molecule has 2 bridgehead atoms. The highest BCUT2D eigenvalue weighted by molar-refractivity contribution is 7.71. The van der Waals surface area contributed by atoms with Gasteiger partial charge in [0.2, 0.25) is 0 Å². The number of para-hydroxylation sites is 2. The number of hydrogen-bond acceptors (Lipinski definition) is 1. The lowest BCUT2D eigenvalue weighted by Gasteiger charge is -2.43.